The first-order valence-corrected chi connectivity index (χ1v) is 11.7. The van der Waals surface area contributed by atoms with Gasteiger partial charge in [-0.05, 0) is 38.5 Å². The third-order valence-corrected chi connectivity index (χ3v) is 5.76. The highest BCUT2D eigenvalue weighted by Gasteiger charge is 2.29. The van der Waals surface area contributed by atoms with E-state index in [0.29, 0.717) is 23.8 Å². The second-order valence-electron chi connectivity index (χ2n) is 9.26. The SMILES string of the molecule is C[C@H](C(N)=O)N(C)C(=O)OCc1cccc2nnc([C@@H](COCc3ccccc3)NC(=O)C(C)(C)N)n12. The molecule has 2 aromatic heterocycles. The molecule has 3 aromatic rings. The van der Waals surface area contributed by atoms with E-state index in [1.165, 1.54) is 14.0 Å². The first kappa shape index (κ1) is 27.6. The fourth-order valence-electron chi connectivity index (χ4n) is 3.35. The van der Waals surface area contributed by atoms with Crippen LogP contribution >= 0.6 is 0 Å². The topological polar surface area (TPSA) is 167 Å². The van der Waals surface area contributed by atoms with E-state index >= 15 is 0 Å². The summed E-state index contributed by atoms with van der Waals surface area (Å²) in [5.41, 5.74) is 12.1. The second-order valence-corrected chi connectivity index (χ2v) is 9.26. The molecule has 2 heterocycles. The second kappa shape index (κ2) is 11.8. The Kier molecular flexibility index (Phi) is 8.79. The molecule has 5 N–H and O–H groups in total. The highest BCUT2D eigenvalue weighted by atomic mass is 16.6. The molecule has 2 atom stereocenters. The van der Waals surface area contributed by atoms with Crippen LogP contribution in [0.15, 0.2) is 48.5 Å². The number of nitrogens with one attached hydrogen (secondary N) is 1. The van der Waals surface area contributed by atoms with Gasteiger partial charge in [0.2, 0.25) is 11.8 Å². The largest absolute Gasteiger partial charge is 0.443 e. The Morgan fingerprint density at radius 2 is 1.78 bits per heavy atom. The zero-order chi connectivity index (χ0) is 27.2. The first-order valence-electron chi connectivity index (χ1n) is 11.7. The number of likely N-dealkylation sites (N-methyl/N-ethyl adjacent to an activating group) is 1. The van der Waals surface area contributed by atoms with Crippen LogP contribution in [-0.4, -0.2) is 62.6 Å². The number of rotatable bonds is 11. The van der Waals surface area contributed by atoms with Crippen LogP contribution in [0.1, 0.15) is 43.9 Å². The number of amides is 3. The molecule has 0 fully saturated rings. The number of hydrogen-bond donors (Lipinski definition) is 3. The van der Waals surface area contributed by atoms with Gasteiger partial charge in [0.15, 0.2) is 11.5 Å². The molecule has 0 radical (unpaired) electrons. The van der Waals surface area contributed by atoms with Crippen molar-refractivity contribution in [1.82, 2.24) is 24.8 Å². The van der Waals surface area contributed by atoms with Gasteiger partial charge in [-0.15, -0.1) is 10.2 Å². The molecule has 0 unspecified atom stereocenters. The van der Waals surface area contributed by atoms with Crippen molar-refractivity contribution in [2.75, 3.05) is 13.7 Å². The molecule has 0 aliphatic rings. The maximum Gasteiger partial charge on any atom is 0.410 e. The Bertz CT molecular complexity index is 1240. The number of pyridine rings is 1. The number of ether oxygens (including phenoxy) is 2. The minimum absolute atomic E-state index is 0.0878. The van der Waals surface area contributed by atoms with Crippen molar-refractivity contribution in [2.45, 2.75) is 51.6 Å². The maximum atomic E-state index is 12.8. The summed E-state index contributed by atoms with van der Waals surface area (Å²) in [4.78, 5) is 37.7. The maximum absolute atomic E-state index is 12.8. The minimum atomic E-state index is -1.14. The number of fused-ring (bicyclic) bond motifs is 1. The average Bonchev–Trinajstić information content (AvgIpc) is 3.30. The van der Waals surface area contributed by atoms with E-state index < -0.39 is 35.5 Å². The predicted molar refractivity (Wildman–Crippen MR) is 135 cm³/mol. The van der Waals surface area contributed by atoms with Crippen molar-refractivity contribution < 1.29 is 23.9 Å². The standard InChI is InChI=1S/C25H33N7O5/c1-16(21(26)33)31(4)24(35)37-14-18-11-8-12-20-29-30-22(32(18)20)19(28-23(34)25(2,3)27)15-36-13-17-9-6-5-7-10-17/h5-12,16,19H,13-15,27H2,1-4H3,(H2,26,33)(H,28,34)/t16-,19-/m1/s1. The summed E-state index contributed by atoms with van der Waals surface area (Å²) in [6, 6.07) is 13.3. The Labute approximate surface area is 214 Å². The number of aromatic nitrogens is 3. The molecule has 0 aliphatic heterocycles. The van der Waals surface area contributed by atoms with E-state index in [-0.39, 0.29) is 13.2 Å². The van der Waals surface area contributed by atoms with Crippen LogP contribution in [0, 0.1) is 0 Å². The zero-order valence-electron chi connectivity index (χ0n) is 21.4. The molecule has 1 aromatic carbocycles. The summed E-state index contributed by atoms with van der Waals surface area (Å²) in [5, 5.41) is 11.4. The fourth-order valence-corrected chi connectivity index (χ4v) is 3.35. The number of hydrogen-bond acceptors (Lipinski definition) is 8. The summed E-state index contributed by atoms with van der Waals surface area (Å²) >= 11 is 0. The van der Waals surface area contributed by atoms with E-state index in [1.807, 2.05) is 30.3 Å². The molecule has 0 spiro atoms. The van der Waals surface area contributed by atoms with Crippen molar-refractivity contribution in [1.29, 1.82) is 0 Å². The molecule has 37 heavy (non-hydrogen) atoms. The quantitative estimate of drug-likeness (QED) is 0.346. The number of nitrogens with two attached hydrogens (primary N) is 2. The summed E-state index contributed by atoms with van der Waals surface area (Å²) < 4.78 is 13.0. The lowest BCUT2D eigenvalue weighted by Gasteiger charge is -2.24. The van der Waals surface area contributed by atoms with Gasteiger partial charge < -0.3 is 26.3 Å². The van der Waals surface area contributed by atoms with Crippen molar-refractivity contribution in [2.24, 2.45) is 11.5 Å². The highest BCUT2D eigenvalue weighted by Crippen LogP contribution is 2.19. The van der Waals surface area contributed by atoms with Crippen molar-refractivity contribution in [3.8, 4) is 0 Å². The Morgan fingerprint density at radius 1 is 1.08 bits per heavy atom. The number of carbonyl (C=O) groups excluding carboxylic acids is 3. The molecule has 0 saturated heterocycles. The van der Waals surface area contributed by atoms with Crippen LogP contribution in [0.2, 0.25) is 0 Å². The summed E-state index contributed by atoms with van der Waals surface area (Å²) in [6.07, 6.45) is -0.723. The van der Waals surface area contributed by atoms with Crippen LogP contribution in [0.5, 0.6) is 0 Å². The lowest BCUT2D eigenvalue weighted by molar-refractivity contribution is -0.126. The normalized spacial score (nSPS) is 13.1. The van der Waals surface area contributed by atoms with Crippen LogP contribution in [-0.2, 0) is 32.3 Å². The number of nitrogens with zero attached hydrogens (tertiary/aromatic N) is 4. The van der Waals surface area contributed by atoms with Gasteiger partial charge in [-0.3, -0.25) is 18.9 Å². The lowest BCUT2D eigenvalue weighted by Crippen LogP contribution is -2.51. The third kappa shape index (κ3) is 7.02. The Hall–Kier alpha value is -4.03. The average molecular weight is 512 g/mol. The molecule has 0 bridgehead atoms. The molecule has 198 valence electrons. The van der Waals surface area contributed by atoms with E-state index in [1.54, 1.807) is 36.4 Å². The van der Waals surface area contributed by atoms with E-state index in [4.69, 9.17) is 20.9 Å². The van der Waals surface area contributed by atoms with Crippen LogP contribution in [0.3, 0.4) is 0 Å². The fraction of sp³-hybridized carbons (Fsp3) is 0.400. The number of benzene rings is 1. The van der Waals surface area contributed by atoms with Crippen molar-refractivity contribution in [3.05, 3.63) is 65.6 Å². The van der Waals surface area contributed by atoms with Gasteiger partial charge in [0.05, 0.1) is 24.4 Å². The molecule has 0 aliphatic carbocycles. The third-order valence-electron chi connectivity index (χ3n) is 5.76. The Morgan fingerprint density at radius 3 is 2.43 bits per heavy atom. The first-order chi connectivity index (χ1) is 17.5. The van der Waals surface area contributed by atoms with Gasteiger partial charge in [0.25, 0.3) is 0 Å². The highest BCUT2D eigenvalue weighted by molar-refractivity contribution is 5.85. The summed E-state index contributed by atoms with van der Waals surface area (Å²) in [6.45, 7) is 4.96. The molecule has 3 amide bonds. The smallest absolute Gasteiger partial charge is 0.410 e. The number of carbonyl (C=O) groups is 3. The lowest BCUT2D eigenvalue weighted by atomic mass is 10.1. The molecular weight excluding hydrogens is 478 g/mol. The zero-order valence-corrected chi connectivity index (χ0v) is 21.4. The van der Waals surface area contributed by atoms with E-state index in [9.17, 15) is 14.4 Å². The van der Waals surface area contributed by atoms with Crippen molar-refractivity contribution >= 4 is 23.6 Å². The van der Waals surface area contributed by atoms with E-state index in [0.717, 1.165) is 10.5 Å². The van der Waals surface area contributed by atoms with Gasteiger partial charge in [-0.2, -0.15) is 0 Å². The van der Waals surface area contributed by atoms with Gasteiger partial charge >= 0.3 is 6.09 Å². The molecule has 0 saturated carbocycles. The van der Waals surface area contributed by atoms with Gasteiger partial charge in [0.1, 0.15) is 18.7 Å². The van der Waals surface area contributed by atoms with Gasteiger partial charge in [0, 0.05) is 7.05 Å². The summed E-state index contributed by atoms with van der Waals surface area (Å²) in [5.74, 6) is -0.672. The summed E-state index contributed by atoms with van der Waals surface area (Å²) in [7, 11) is 1.42. The van der Waals surface area contributed by atoms with Gasteiger partial charge in [-0.25, -0.2) is 4.79 Å². The number of primary amides is 1. The predicted octanol–water partition coefficient (Wildman–Crippen LogP) is 1.28. The van der Waals surface area contributed by atoms with Crippen LogP contribution in [0.4, 0.5) is 4.79 Å². The Balaban J connectivity index is 1.86. The van der Waals surface area contributed by atoms with Crippen LogP contribution in [0.25, 0.3) is 5.65 Å². The monoisotopic (exact) mass is 511 g/mol. The molecule has 12 nitrogen and oxygen atoms in total. The van der Waals surface area contributed by atoms with E-state index in [2.05, 4.69) is 15.5 Å². The van der Waals surface area contributed by atoms with Gasteiger partial charge in [-0.1, -0.05) is 36.4 Å². The van der Waals surface area contributed by atoms with Crippen LogP contribution < -0.4 is 16.8 Å². The minimum Gasteiger partial charge on any atom is -0.443 e. The molecular formula is C25H33N7O5. The molecule has 3 rings (SSSR count). The van der Waals surface area contributed by atoms with Crippen molar-refractivity contribution in [3.63, 3.8) is 0 Å². The molecule has 12 heteroatoms.